The molecule has 0 aliphatic carbocycles. The van der Waals surface area contributed by atoms with E-state index >= 15 is 0 Å². The number of nitrogens with one attached hydrogen (secondary N) is 1. The van der Waals surface area contributed by atoms with Crippen molar-refractivity contribution in [3.63, 3.8) is 0 Å². The first-order valence-electron chi connectivity index (χ1n) is 8.25. The van der Waals surface area contributed by atoms with Gasteiger partial charge < -0.3 is 5.32 Å². The first-order valence-corrected chi connectivity index (χ1v) is 10.1. The van der Waals surface area contributed by atoms with Gasteiger partial charge in [0.15, 0.2) is 0 Å². The molecule has 0 saturated heterocycles. The largest absolute Gasteiger partial charge is 0.347 e. The Bertz CT molecular complexity index is 788. The highest BCUT2D eigenvalue weighted by molar-refractivity contribution is 7.99. The van der Waals surface area contributed by atoms with Crippen LogP contribution in [0, 0.1) is 0 Å². The smallest absolute Gasteiger partial charge is 0.253 e. The number of rotatable bonds is 8. The van der Waals surface area contributed by atoms with Crippen molar-refractivity contribution in [3.05, 3.63) is 82.3 Å². The standard InChI is InChI=1S/C20H20N2OS2/c23-20(22-15-17-9-5-13-25-17)18-10-4-12-21-19(18)11-6-14-24-16-7-2-1-3-8-16/h1-5,7-10,12-13H,6,11,14-15H2,(H,22,23). The van der Waals surface area contributed by atoms with E-state index in [-0.39, 0.29) is 5.91 Å². The quantitative estimate of drug-likeness (QED) is 0.459. The minimum absolute atomic E-state index is 0.0489. The Morgan fingerprint density at radius 3 is 2.76 bits per heavy atom. The Balaban J connectivity index is 1.52. The number of hydrogen-bond donors (Lipinski definition) is 1. The van der Waals surface area contributed by atoms with Gasteiger partial charge in [-0.25, -0.2) is 0 Å². The molecule has 0 saturated carbocycles. The third-order valence-corrected chi connectivity index (χ3v) is 5.68. The molecule has 2 heterocycles. The molecule has 0 bridgehead atoms. The van der Waals surface area contributed by atoms with Crippen LogP contribution in [0.25, 0.3) is 0 Å². The molecule has 3 aromatic rings. The van der Waals surface area contributed by atoms with Gasteiger partial charge in [-0.1, -0.05) is 24.3 Å². The number of hydrogen-bond acceptors (Lipinski definition) is 4. The maximum atomic E-state index is 12.5. The summed E-state index contributed by atoms with van der Waals surface area (Å²) in [6.07, 6.45) is 3.56. The fraction of sp³-hybridized carbons (Fsp3) is 0.200. The van der Waals surface area contributed by atoms with Crippen molar-refractivity contribution in [1.29, 1.82) is 0 Å². The molecule has 0 aliphatic rings. The van der Waals surface area contributed by atoms with Crippen LogP contribution in [-0.2, 0) is 13.0 Å². The van der Waals surface area contributed by atoms with Gasteiger partial charge in [-0.3, -0.25) is 9.78 Å². The molecule has 3 nitrogen and oxygen atoms in total. The van der Waals surface area contributed by atoms with Crippen molar-refractivity contribution in [2.75, 3.05) is 5.75 Å². The molecule has 1 aromatic carbocycles. The van der Waals surface area contributed by atoms with Crippen LogP contribution in [0.15, 0.2) is 71.1 Å². The zero-order chi connectivity index (χ0) is 17.3. The van der Waals surface area contributed by atoms with Crippen molar-refractivity contribution in [2.24, 2.45) is 0 Å². The molecule has 25 heavy (non-hydrogen) atoms. The van der Waals surface area contributed by atoms with Crippen LogP contribution < -0.4 is 5.32 Å². The summed E-state index contributed by atoms with van der Waals surface area (Å²) >= 11 is 3.48. The van der Waals surface area contributed by atoms with Gasteiger partial charge in [0, 0.05) is 16.0 Å². The highest BCUT2D eigenvalue weighted by Crippen LogP contribution is 2.19. The van der Waals surface area contributed by atoms with E-state index in [2.05, 4.69) is 34.6 Å². The first kappa shape index (κ1) is 17.7. The lowest BCUT2D eigenvalue weighted by molar-refractivity contribution is 0.0950. The molecule has 0 atom stereocenters. The fourth-order valence-corrected chi connectivity index (χ4v) is 3.98. The van der Waals surface area contributed by atoms with E-state index in [0.29, 0.717) is 12.1 Å². The molecule has 0 spiro atoms. The molecule has 0 fully saturated rings. The number of benzene rings is 1. The summed E-state index contributed by atoms with van der Waals surface area (Å²) in [6, 6.07) is 18.1. The lowest BCUT2D eigenvalue weighted by Gasteiger charge is -2.09. The van der Waals surface area contributed by atoms with Gasteiger partial charge in [-0.15, -0.1) is 23.1 Å². The lowest BCUT2D eigenvalue weighted by atomic mass is 10.1. The van der Waals surface area contributed by atoms with E-state index in [0.717, 1.165) is 29.2 Å². The number of thioether (sulfide) groups is 1. The summed E-state index contributed by atoms with van der Waals surface area (Å²) in [5, 5.41) is 5.00. The number of carbonyl (C=O) groups is 1. The third-order valence-electron chi connectivity index (χ3n) is 3.71. The van der Waals surface area contributed by atoms with Crippen LogP contribution in [0.2, 0.25) is 0 Å². The number of pyridine rings is 1. The van der Waals surface area contributed by atoms with Crippen molar-refractivity contribution < 1.29 is 4.79 Å². The van der Waals surface area contributed by atoms with Crippen molar-refractivity contribution in [2.45, 2.75) is 24.3 Å². The second-order valence-electron chi connectivity index (χ2n) is 5.52. The van der Waals surface area contributed by atoms with E-state index < -0.39 is 0 Å². The highest BCUT2D eigenvalue weighted by Gasteiger charge is 2.12. The first-order chi connectivity index (χ1) is 12.3. The Kier molecular flexibility index (Phi) is 6.65. The van der Waals surface area contributed by atoms with Crippen LogP contribution in [-0.4, -0.2) is 16.6 Å². The molecular formula is C20H20N2OS2. The summed E-state index contributed by atoms with van der Waals surface area (Å²) in [5.74, 6) is 0.962. The number of carbonyl (C=O) groups excluding carboxylic acids is 1. The van der Waals surface area contributed by atoms with Crippen LogP contribution >= 0.6 is 23.1 Å². The molecule has 0 radical (unpaired) electrons. The summed E-state index contributed by atoms with van der Waals surface area (Å²) in [4.78, 5) is 19.3. The van der Waals surface area contributed by atoms with Crippen molar-refractivity contribution >= 4 is 29.0 Å². The van der Waals surface area contributed by atoms with Gasteiger partial charge in [0.25, 0.3) is 5.91 Å². The van der Waals surface area contributed by atoms with E-state index in [1.54, 1.807) is 17.5 Å². The average Bonchev–Trinajstić information content (AvgIpc) is 3.18. The van der Waals surface area contributed by atoms with Gasteiger partial charge >= 0.3 is 0 Å². The second-order valence-corrected chi connectivity index (χ2v) is 7.73. The number of aromatic nitrogens is 1. The zero-order valence-electron chi connectivity index (χ0n) is 13.9. The second kappa shape index (κ2) is 9.39. The monoisotopic (exact) mass is 368 g/mol. The fourth-order valence-electron chi connectivity index (χ4n) is 2.47. The van der Waals surface area contributed by atoms with Crippen LogP contribution in [0.3, 0.4) is 0 Å². The van der Waals surface area contributed by atoms with Crippen molar-refractivity contribution in [3.8, 4) is 0 Å². The number of amides is 1. The van der Waals surface area contributed by atoms with E-state index in [1.807, 2.05) is 47.5 Å². The van der Waals surface area contributed by atoms with Crippen LogP contribution in [0.1, 0.15) is 27.3 Å². The minimum Gasteiger partial charge on any atom is -0.347 e. The Morgan fingerprint density at radius 2 is 1.96 bits per heavy atom. The van der Waals surface area contributed by atoms with E-state index in [1.165, 1.54) is 4.90 Å². The number of aryl methyl sites for hydroxylation is 1. The van der Waals surface area contributed by atoms with Gasteiger partial charge in [0.2, 0.25) is 0 Å². The molecule has 128 valence electrons. The molecule has 5 heteroatoms. The Labute approximate surface area is 156 Å². The Hall–Kier alpha value is -2.11. The molecule has 2 aromatic heterocycles. The zero-order valence-corrected chi connectivity index (χ0v) is 15.5. The predicted octanol–water partition coefficient (Wildman–Crippen LogP) is 4.80. The maximum Gasteiger partial charge on any atom is 0.253 e. The van der Waals surface area contributed by atoms with Gasteiger partial charge in [-0.2, -0.15) is 0 Å². The van der Waals surface area contributed by atoms with E-state index in [9.17, 15) is 4.79 Å². The molecular weight excluding hydrogens is 348 g/mol. The normalized spacial score (nSPS) is 10.6. The van der Waals surface area contributed by atoms with Crippen LogP contribution in [0.5, 0.6) is 0 Å². The molecule has 0 unspecified atom stereocenters. The Morgan fingerprint density at radius 1 is 1.08 bits per heavy atom. The summed E-state index contributed by atoms with van der Waals surface area (Å²) in [7, 11) is 0. The summed E-state index contributed by atoms with van der Waals surface area (Å²) < 4.78 is 0. The number of nitrogens with zero attached hydrogens (tertiary/aromatic N) is 1. The van der Waals surface area contributed by atoms with Crippen LogP contribution in [0.4, 0.5) is 0 Å². The topological polar surface area (TPSA) is 42.0 Å². The lowest BCUT2D eigenvalue weighted by Crippen LogP contribution is -2.24. The molecule has 0 aliphatic heterocycles. The van der Waals surface area contributed by atoms with Crippen molar-refractivity contribution in [1.82, 2.24) is 10.3 Å². The van der Waals surface area contributed by atoms with Gasteiger partial charge in [0.1, 0.15) is 0 Å². The van der Waals surface area contributed by atoms with E-state index in [4.69, 9.17) is 0 Å². The molecule has 3 rings (SSSR count). The predicted molar refractivity (Wildman–Crippen MR) is 105 cm³/mol. The highest BCUT2D eigenvalue weighted by atomic mass is 32.2. The van der Waals surface area contributed by atoms with Gasteiger partial charge in [-0.05, 0) is 54.3 Å². The number of thiophene rings is 1. The van der Waals surface area contributed by atoms with Gasteiger partial charge in [0.05, 0.1) is 17.8 Å². The summed E-state index contributed by atoms with van der Waals surface area (Å²) in [5.41, 5.74) is 1.56. The molecule has 1 amide bonds. The average molecular weight is 369 g/mol. The SMILES string of the molecule is O=C(NCc1cccs1)c1cccnc1CCCSc1ccccc1. The minimum atomic E-state index is -0.0489. The maximum absolute atomic E-state index is 12.5. The third kappa shape index (κ3) is 5.44. The summed E-state index contributed by atoms with van der Waals surface area (Å²) in [6.45, 7) is 0.564. The molecule has 1 N–H and O–H groups in total.